The Hall–Kier alpha value is -0.770. The molecule has 3 rings (SSSR count). The number of carbonyl (C=O) groups excluding carboxylic acids is 2. The lowest BCUT2D eigenvalue weighted by Crippen LogP contribution is -2.71. The third-order valence-electron chi connectivity index (χ3n) is 4.87. The van der Waals surface area contributed by atoms with Crippen LogP contribution in [-0.4, -0.2) is 29.0 Å². The van der Waals surface area contributed by atoms with Crippen molar-refractivity contribution < 1.29 is 19.1 Å². The zero-order valence-corrected chi connectivity index (χ0v) is 11.2. The second kappa shape index (κ2) is 3.86. The largest absolute Gasteiger partial charge is 0.508 e. The first-order valence-corrected chi connectivity index (χ1v) is 7.00. The Kier molecular flexibility index (Phi) is 2.63. The number of carbonyl (C=O) groups is 2. The lowest BCUT2D eigenvalue weighted by atomic mass is 9.55. The summed E-state index contributed by atoms with van der Waals surface area (Å²) >= 11 is 6.69. The predicted molar refractivity (Wildman–Crippen MR) is 64.5 cm³/mol. The van der Waals surface area contributed by atoms with Gasteiger partial charge in [0, 0.05) is 6.42 Å². The first-order chi connectivity index (χ1) is 8.55. The molecule has 0 aromatic heterocycles. The summed E-state index contributed by atoms with van der Waals surface area (Å²) in [6.45, 7) is 2.00. The third kappa shape index (κ3) is 1.27. The summed E-state index contributed by atoms with van der Waals surface area (Å²) in [7, 11) is 0. The van der Waals surface area contributed by atoms with Crippen molar-refractivity contribution in [1.29, 1.82) is 0 Å². The van der Waals surface area contributed by atoms with Crippen molar-refractivity contribution >= 4 is 23.5 Å². The zero-order valence-electron chi connectivity index (χ0n) is 10.4. The van der Waals surface area contributed by atoms with Gasteiger partial charge in [-0.2, -0.15) is 0 Å². The first kappa shape index (κ1) is 12.3. The summed E-state index contributed by atoms with van der Waals surface area (Å²) in [6.07, 6.45) is 3.12. The lowest BCUT2D eigenvalue weighted by molar-refractivity contribution is -0.171. The van der Waals surface area contributed by atoms with E-state index in [1.54, 1.807) is 6.92 Å². The van der Waals surface area contributed by atoms with Gasteiger partial charge in [-0.3, -0.25) is 4.79 Å². The molecule has 4 unspecified atom stereocenters. The van der Waals surface area contributed by atoms with Crippen molar-refractivity contribution in [3.8, 4) is 0 Å². The third-order valence-corrected chi connectivity index (χ3v) is 5.66. The highest BCUT2D eigenvalue weighted by molar-refractivity contribution is 6.27. The van der Waals surface area contributed by atoms with Gasteiger partial charge < -0.3 is 9.47 Å². The number of hydrogen-bond acceptors (Lipinski definition) is 4. The predicted octanol–water partition coefficient (Wildman–Crippen LogP) is 2.67. The van der Waals surface area contributed by atoms with Gasteiger partial charge >= 0.3 is 6.16 Å². The van der Waals surface area contributed by atoms with Crippen molar-refractivity contribution in [3.63, 3.8) is 0 Å². The van der Waals surface area contributed by atoms with E-state index < -0.39 is 16.6 Å². The van der Waals surface area contributed by atoms with Crippen LogP contribution in [0.15, 0.2) is 0 Å². The second-order valence-corrected chi connectivity index (χ2v) is 6.15. The number of fused-ring (bicyclic) bond motifs is 4. The Morgan fingerprint density at radius 3 is 3.00 bits per heavy atom. The summed E-state index contributed by atoms with van der Waals surface area (Å²) in [5, 5.41) is 0. The molecule has 0 radical (unpaired) electrons. The molecule has 0 bridgehead atoms. The van der Waals surface area contributed by atoms with Crippen LogP contribution in [0.2, 0.25) is 0 Å². The molecule has 0 aromatic rings. The second-order valence-electron chi connectivity index (χ2n) is 5.48. The highest BCUT2D eigenvalue weighted by atomic mass is 35.5. The minimum Gasteiger partial charge on any atom is -0.435 e. The van der Waals surface area contributed by atoms with E-state index in [1.807, 2.05) is 0 Å². The summed E-state index contributed by atoms with van der Waals surface area (Å²) < 4.78 is 10.4. The highest BCUT2D eigenvalue weighted by Gasteiger charge is 2.79. The van der Waals surface area contributed by atoms with Gasteiger partial charge in [-0.15, -0.1) is 11.6 Å². The van der Waals surface area contributed by atoms with E-state index >= 15 is 0 Å². The quantitative estimate of drug-likeness (QED) is 0.573. The molecule has 0 aromatic carbocycles. The summed E-state index contributed by atoms with van der Waals surface area (Å²) in [6, 6.07) is 0. The molecule has 18 heavy (non-hydrogen) atoms. The molecule has 0 saturated heterocycles. The minimum absolute atomic E-state index is 0.184. The average Bonchev–Trinajstić information content (AvgIpc) is 2.79. The summed E-state index contributed by atoms with van der Waals surface area (Å²) in [5.41, 5.74) is -0.793. The number of ketones is 1. The number of hydrogen-bond donors (Lipinski definition) is 0. The molecular formula is C13H17ClO4. The van der Waals surface area contributed by atoms with E-state index in [9.17, 15) is 9.59 Å². The lowest BCUT2D eigenvalue weighted by Gasteiger charge is -2.59. The molecule has 5 heteroatoms. The van der Waals surface area contributed by atoms with E-state index in [0.717, 1.165) is 19.3 Å². The van der Waals surface area contributed by atoms with E-state index in [0.29, 0.717) is 12.8 Å². The first-order valence-electron chi connectivity index (χ1n) is 6.62. The molecule has 4 atom stereocenters. The Balaban J connectivity index is 1.88. The van der Waals surface area contributed by atoms with E-state index in [1.165, 1.54) is 0 Å². The number of Topliss-reactive ketones (excluding diaryl/α,β-unsaturated/α-hetero) is 1. The SMILES string of the molecule is CCOC(=O)OC12CCC(=O)C1C1CCCC12Cl. The Bertz CT molecular complexity index is 410. The molecule has 0 heterocycles. The van der Waals surface area contributed by atoms with Crippen LogP contribution in [0.3, 0.4) is 0 Å². The molecule has 3 saturated carbocycles. The Morgan fingerprint density at radius 1 is 1.50 bits per heavy atom. The van der Waals surface area contributed by atoms with E-state index in [-0.39, 0.29) is 24.2 Å². The Labute approximate surface area is 111 Å². The standard InChI is InChI=1S/C13H17ClO4/c1-2-17-11(16)18-13-7-5-9(15)10(13)8-4-3-6-12(8,13)14/h8,10H,2-7H2,1H3. The molecule has 3 fully saturated rings. The molecule has 0 amide bonds. The van der Waals surface area contributed by atoms with Gasteiger partial charge in [0.25, 0.3) is 0 Å². The minimum atomic E-state index is -0.793. The molecular weight excluding hydrogens is 256 g/mol. The van der Waals surface area contributed by atoms with E-state index in [2.05, 4.69) is 0 Å². The maximum absolute atomic E-state index is 12.0. The van der Waals surface area contributed by atoms with Crippen molar-refractivity contribution in [3.05, 3.63) is 0 Å². The molecule has 100 valence electrons. The van der Waals surface area contributed by atoms with Crippen molar-refractivity contribution in [1.82, 2.24) is 0 Å². The number of alkyl halides is 1. The van der Waals surface area contributed by atoms with Gasteiger partial charge in [-0.05, 0) is 32.1 Å². The molecule has 3 aliphatic rings. The number of ether oxygens (including phenoxy) is 2. The van der Waals surface area contributed by atoms with Crippen molar-refractivity contribution in [2.24, 2.45) is 11.8 Å². The van der Waals surface area contributed by atoms with Crippen LogP contribution in [0.5, 0.6) is 0 Å². The monoisotopic (exact) mass is 272 g/mol. The summed E-state index contributed by atoms with van der Waals surface area (Å²) in [4.78, 5) is 23.0. The van der Waals surface area contributed by atoms with Crippen LogP contribution >= 0.6 is 11.6 Å². The van der Waals surface area contributed by atoms with Gasteiger partial charge in [0.15, 0.2) is 0 Å². The average molecular weight is 273 g/mol. The van der Waals surface area contributed by atoms with Crippen molar-refractivity contribution in [2.75, 3.05) is 6.61 Å². The topological polar surface area (TPSA) is 52.6 Å². The fraction of sp³-hybridized carbons (Fsp3) is 0.846. The van der Waals surface area contributed by atoms with Gasteiger partial charge in [-0.1, -0.05) is 6.42 Å². The fourth-order valence-corrected chi connectivity index (χ4v) is 4.86. The van der Waals surface area contributed by atoms with Gasteiger partial charge in [0.05, 0.1) is 17.4 Å². The summed E-state index contributed by atoms with van der Waals surface area (Å²) in [5.74, 6) is 0.188. The van der Waals surface area contributed by atoms with Crippen LogP contribution in [0, 0.1) is 11.8 Å². The number of rotatable bonds is 2. The van der Waals surface area contributed by atoms with Crippen molar-refractivity contribution in [2.45, 2.75) is 49.5 Å². The van der Waals surface area contributed by atoms with Crippen LogP contribution in [0.1, 0.15) is 39.0 Å². The van der Waals surface area contributed by atoms with Crippen LogP contribution < -0.4 is 0 Å². The van der Waals surface area contributed by atoms with Crippen LogP contribution in [0.4, 0.5) is 4.79 Å². The fourth-order valence-electron chi connectivity index (χ4n) is 4.24. The van der Waals surface area contributed by atoms with Gasteiger partial charge in [0.1, 0.15) is 11.4 Å². The maximum atomic E-state index is 12.0. The molecule has 0 aliphatic heterocycles. The highest BCUT2D eigenvalue weighted by Crippen LogP contribution is 2.70. The number of halogens is 1. The van der Waals surface area contributed by atoms with Crippen LogP contribution in [0.25, 0.3) is 0 Å². The smallest absolute Gasteiger partial charge is 0.435 e. The van der Waals surface area contributed by atoms with Gasteiger partial charge in [0.2, 0.25) is 0 Å². The molecule has 4 nitrogen and oxygen atoms in total. The molecule has 0 spiro atoms. The maximum Gasteiger partial charge on any atom is 0.508 e. The zero-order chi connectivity index (χ0) is 13.0. The van der Waals surface area contributed by atoms with E-state index in [4.69, 9.17) is 21.1 Å². The van der Waals surface area contributed by atoms with Crippen LogP contribution in [-0.2, 0) is 14.3 Å². The normalized spacial score (nSPS) is 45.1. The van der Waals surface area contributed by atoms with Gasteiger partial charge in [-0.25, -0.2) is 4.79 Å². The molecule has 3 aliphatic carbocycles. The molecule has 0 N–H and O–H groups in total. The Morgan fingerprint density at radius 2 is 2.28 bits per heavy atom.